The summed E-state index contributed by atoms with van der Waals surface area (Å²) in [5.74, 6) is -0.835. The molecule has 0 radical (unpaired) electrons. The molecule has 4 heteroatoms. The number of rotatable bonds is 5. The maximum Gasteiger partial charge on any atom is 0.309 e. The number of aliphatic carboxylic acids is 1. The first-order valence-corrected chi connectivity index (χ1v) is 7.06. The van der Waals surface area contributed by atoms with Crippen LogP contribution in [0.2, 0.25) is 0 Å². The lowest BCUT2D eigenvalue weighted by molar-refractivity contribution is -0.136. The molecule has 0 atom stereocenters. The summed E-state index contributed by atoms with van der Waals surface area (Å²) in [6, 6.07) is 10.3. The van der Waals surface area contributed by atoms with Crippen LogP contribution in [0, 0.1) is 0 Å². The average Bonchev–Trinajstić information content (AvgIpc) is 2.78. The molecule has 2 rings (SSSR count). The summed E-state index contributed by atoms with van der Waals surface area (Å²) >= 11 is 1.54. The van der Waals surface area contributed by atoms with Crippen molar-refractivity contribution in [3.63, 3.8) is 0 Å². The Hall–Kier alpha value is -1.68. The van der Waals surface area contributed by atoms with E-state index in [1.54, 1.807) is 11.3 Å². The molecular formula is C15H17NO2S. The predicted molar refractivity (Wildman–Crippen MR) is 76.6 cm³/mol. The normalized spacial score (nSPS) is 11.5. The van der Waals surface area contributed by atoms with Gasteiger partial charge in [-0.15, -0.1) is 11.3 Å². The zero-order valence-electron chi connectivity index (χ0n) is 11.1. The number of thiazole rings is 1. The van der Waals surface area contributed by atoms with Crippen molar-refractivity contribution in [2.45, 2.75) is 32.1 Å². The number of benzene rings is 1. The second-order valence-electron chi connectivity index (χ2n) is 5.26. The number of carbonyl (C=O) groups is 1. The molecule has 0 aliphatic heterocycles. The summed E-state index contributed by atoms with van der Waals surface area (Å²) in [4.78, 5) is 15.1. The monoisotopic (exact) mass is 275 g/mol. The zero-order valence-corrected chi connectivity index (χ0v) is 11.9. The largest absolute Gasteiger partial charge is 0.481 e. The summed E-state index contributed by atoms with van der Waals surface area (Å²) in [7, 11) is 0. The number of aromatic nitrogens is 1. The fraction of sp³-hybridized carbons (Fsp3) is 0.333. The number of carboxylic acid groups (broad SMARTS) is 1. The molecule has 0 bridgehead atoms. The van der Waals surface area contributed by atoms with Crippen LogP contribution in [0.3, 0.4) is 0 Å². The number of hydrogen-bond donors (Lipinski definition) is 1. The molecule has 0 aliphatic carbocycles. The third-order valence-corrected chi connectivity index (χ3v) is 4.21. The van der Waals surface area contributed by atoms with Gasteiger partial charge in [0.1, 0.15) is 0 Å². The Kier molecular flexibility index (Phi) is 4.00. The second kappa shape index (κ2) is 5.53. The van der Waals surface area contributed by atoms with Crippen LogP contribution in [0.5, 0.6) is 0 Å². The van der Waals surface area contributed by atoms with Gasteiger partial charge in [0.2, 0.25) is 0 Å². The summed E-state index contributed by atoms with van der Waals surface area (Å²) in [5, 5.41) is 11.6. The van der Waals surface area contributed by atoms with Gasteiger partial charge < -0.3 is 5.11 Å². The first-order chi connectivity index (χ1) is 8.97. The van der Waals surface area contributed by atoms with E-state index in [4.69, 9.17) is 5.11 Å². The van der Waals surface area contributed by atoms with Gasteiger partial charge in [0, 0.05) is 10.8 Å². The molecular weight excluding hydrogens is 258 g/mol. The van der Waals surface area contributed by atoms with Crippen LogP contribution in [0.4, 0.5) is 0 Å². The molecule has 0 fully saturated rings. The summed E-state index contributed by atoms with van der Waals surface area (Å²) in [6.45, 7) is 4.28. The van der Waals surface area contributed by atoms with Crippen LogP contribution in [-0.2, 0) is 23.1 Å². The van der Waals surface area contributed by atoms with Crippen LogP contribution in [0.15, 0.2) is 35.7 Å². The summed E-state index contributed by atoms with van der Waals surface area (Å²) in [6.07, 6.45) is 0.895. The van der Waals surface area contributed by atoms with Crippen LogP contribution >= 0.6 is 11.3 Å². The lowest BCUT2D eigenvalue weighted by Crippen LogP contribution is -2.20. The van der Waals surface area contributed by atoms with Gasteiger partial charge in [0.15, 0.2) is 0 Å². The lowest BCUT2D eigenvalue weighted by Gasteiger charge is -2.22. The number of hydrogen-bond acceptors (Lipinski definition) is 3. The van der Waals surface area contributed by atoms with Crippen LogP contribution in [0.1, 0.15) is 30.1 Å². The SMILES string of the molecule is CC(C)(Cc1ccccc1)c1nc(CC(=O)O)cs1. The third-order valence-electron chi connectivity index (χ3n) is 2.95. The van der Waals surface area contributed by atoms with E-state index in [1.165, 1.54) is 5.56 Å². The van der Waals surface area contributed by atoms with E-state index >= 15 is 0 Å². The van der Waals surface area contributed by atoms with Gasteiger partial charge in [0.25, 0.3) is 0 Å². The Labute approximate surface area is 116 Å². The van der Waals surface area contributed by atoms with E-state index in [1.807, 2.05) is 23.6 Å². The molecule has 0 amide bonds. The van der Waals surface area contributed by atoms with Crippen molar-refractivity contribution >= 4 is 17.3 Å². The highest BCUT2D eigenvalue weighted by Gasteiger charge is 2.25. The van der Waals surface area contributed by atoms with Crippen molar-refractivity contribution in [2.24, 2.45) is 0 Å². The minimum atomic E-state index is -0.835. The molecule has 1 N–H and O–H groups in total. The van der Waals surface area contributed by atoms with Crippen LogP contribution in [-0.4, -0.2) is 16.1 Å². The fourth-order valence-electron chi connectivity index (χ4n) is 2.04. The molecule has 0 unspecified atom stereocenters. The molecule has 100 valence electrons. The van der Waals surface area contributed by atoms with Crippen LogP contribution < -0.4 is 0 Å². The van der Waals surface area contributed by atoms with Gasteiger partial charge >= 0.3 is 5.97 Å². The van der Waals surface area contributed by atoms with E-state index in [0.29, 0.717) is 5.69 Å². The van der Waals surface area contributed by atoms with Crippen LogP contribution in [0.25, 0.3) is 0 Å². The van der Waals surface area contributed by atoms with Crippen molar-refractivity contribution < 1.29 is 9.90 Å². The Balaban J connectivity index is 2.15. The Morgan fingerprint density at radius 3 is 2.63 bits per heavy atom. The molecule has 19 heavy (non-hydrogen) atoms. The van der Waals surface area contributed by atoms with Crippen molar-refractivity contribution in [2.75, 3.05) is 0 Å². The summed E-state index contributed by atoms with van der Waals surface area (Å²) < 4.78 is 0. The second-order valence-corrected chi connectivity index (χ2v) is 6.12. The van der Waals surface area contributed by atoms with Gasteiger partial charge in [-0.1, -0.05) is 44.2 Å². The van der Waals surface area contributed by atoms with Crippen molar-refractivity contribution in [3.8, 4) is 0 Å². The predicted octanol–water partition coefficient (Wildman–Crippen LogP) is 3.29. The lowest BCUT2D eigenvalue weighted by atomic mass is 9.86. The third kappa shape index (κ3) is 3.64. The Morgan fingerprint density at radius 2 is 2.00 bits per heavy atom. The quantitative estimate of drug-likeness (QED) is 0.911. The van der Waals surface area contributed by atoms with E-state index in [2.05, 4.69) is 31.0 Å². The first kappa shape index (κ1) is 13.7. The Morgan fingerprint density at radius 1 is 1.32 bits per heavy atom. The van der Waals surface area contributed by atoms with Gasteiger partial charge in [0.05, 0.1) is 17.1 Å². The molecule has 0 saturated carbocycles. The zero-order chi connectivity index (χ0) is 13.9. The fourth-order valence-corrected chi connectivity index (χ4v) is 2.98. The minimum absolute atomic E-state index is 0.00207. The van der Waals surface area contributed by atoms with Crippen molar-refractivity contribution in [3.05, 3.63) is 52.0 Å². The highest BCUT2D eigenvalue weighted by molar-refractivity contribution is 7.09. The van der Waals surface area contributed by atoms with Crippen molar-refractivity contribution in [1.29, 1.82) is 0 Å². The maximum absolute atomic E-state index is 10.7. The molecule has 2 aromatic rings. The number of carboxylic acids is 1. The molecule has 0 saturated heterocycles. The smallest absolute Gasteiger partial charge is 0.309 e. The average molecular weight is 275 g/mol. The first-order valence-electron chi connectivity index (χ1n) is 6.18. The standard InChI is InChI=1S/C15H17NO2S/c1-15(2,9-11-6-4-3-5-7-11)14-16-12(10-19-14)8-13(17)18/h3-7,10H,8-9H2,1-2H3,(H,17,18). The molecule has 0 spiro atoms. The molecule has 1 heterocycles. The highest BCUT2D eigenvalue weighted by Crippen LogP contribution is 2.30. The highest BCUT2D eigenvalue weighted by atomic mass is 32.1. The molecule has 0 aliphatic rings. The Bertz CT molecular complexity index is 561. The van der Waals surface area contributed by atoms with Gasteiger partial charge in [-0.2, -0.15) is 0 Å². The summed E-state index contributed by atoms with van der Waals surface area (Å²) in [5.41, 5.74) is 1.83. The van der Waals surface area contributed by atoms with E-state index < -0.39 is 5.97 Å². The molecule has 1 aromatic heterocycles. The van der Waals surface area contributed by atoms with E-state index in [-0.39, 0.29) is 11.8 Å². The minimum Gasteiger partial charge on any atom is -0.481 e. The number of nitrogens with zero attached hydrogens (tertiary/aromatic N) is 1. The van der Waals surface area contributed by atoms with Gasteiger partial charge in [-0.05, 0) is 12.0 Å². The maximum atomic E-state index is 10.7. The van der Waals surface area contributed by atoms with Crippen molar-refractivity contribution in [1.82, 2.24) is 4.98 Å². The molecule has 3 nitrogen and oxygen atoms in total. The molecule has 1 aromatic carbocycles. The van der Waals surface area contributed by atoms with Gasteiger partial charge in [-0.25, -0.2) is 4.98 Å². The topological polar surface area (TPSA) is 50.2 Å². The van der Waals surface area contributed by atoms with Gasteiger partial charge in [-0.3, -0.25) is 4.79 Å². The van der Waals surface area contributed by atoms with E-state index in [0.717, 1.165) is 11.4 Å². The van der Waals surface area contributed by atoms with E-state index in [9.17, 15) is 4.79 Å².